The zero-order valence-corrected chi connectivity index (χ0v) is 12.9. The van der Waals surface area contributed by atoms with Gasteiger partial charge < -0.3 is 10.1 Å². The Morgan fingerprint density at radius 1 is 1.09 bits per heavy atom. The quantitative estimate of drug-likeness (QED) is 0.681. The van der Waals surface area contributed by atoms with Crippen LogP contribution in [0.2, 0.25) is 0 Å². The molecule has 0 aliphatic heterocycles. The van der Waals surface area contributed by atoms with Crippen LogP contribution in [0.4, 0.5) is 0 Å². The number of nitrogens with one attached hydrogen (secondary N) is 1. The van der Waals surface area contributed by atoms with Crippen molar-refractivity contribution < 1.29 is 9.90 Å². The monoisotopic (exact) mass is 311 g/mol. The lowest BCUT2D eigenvalue weighted by Crippen LogP contribution is -2.01. The molecular formula is C18H17NO2S. The zero-order chi connectivity index (χ0) is 15.4. The number of thioether (sulfide) groups is 1. The summed E-state index contributed by atoms with van der Waals surface area (Å²) in [6.07, 6.45) is 1.79. The van der Waals surface area contributed by atoms with Gasteiger partial charge in [0.1, 0.15) is 0 Å². The molecule has 4 heteroatoms. The van der Waals surface area contributed by atoms with Gasteiger partial charge in [-0.3, -0.25) is 4.79 Å². The number of Topliss-reactive ketones (excluding diaryl/α,β-unsaturated/α-hetero) is 1. The fourth-order valence-corrected chi connectivity index (χ4v) is 3.32. The Kier molecular flexibility index (Phi) is 4.61. The molecule has 3 aromatic rings. The lowest BCUT2D eigenvalue weighted by atomic mass is 10.1. The first kappa shape index (κ1) is 14.9. The summed E-state index contributed by atoms with van der Waals surface area (Å²) in [7, 11) is 0. The van der Waals surface area contributed by atoms with E-state index in [4.69, 9.17) is 5.11 Å². The van der Waals surface area contributed by atoms with Crippen LogP contribution in [0.1, 0.15) is 21.5 Å². The summed E-state index contributed by atoms with van der Waals surface area (Å²) in [6, 6.07) is 15.7. The summed E-state index contributed by atoms with van der Waals surface area (Å²) < 4.78 is 0. The maximum absolute atomic E-state index is 12.4. The maximum Gasteiger partial charge on any atom is 0.174 e. The van der Waals surface area contributed by atoms with Crippen LogP contribution in [0.3, 0.4) is 0 Å². The van der Waals surface area contributed by atoms with Crippen molar-refractivity contribution in [3.05, 3.63) is 71.4 Å². The van der Waals surface area contributed by atoms with Crippen molar-refractivity contribution in [2.75, 3.05) is 5.75 Å². The summed E-state index contributed by atoms with van der Waals surface area (Å²) in [5.41, 5.74) is 3.78. The lowest BCUT2D eigenvalue weighted by Gasteiger charge is -2.03. The summed E-state index contributed by atoms with van der Waals surface area (Å²) in [5.74, 6) is 1.36. The Hall–Kier alpha value is -2.04. The second-order valence-electron chi connectivity index (χ2n) is 5.14. The number of H-pyrrole nitrogens is 1. The van der Waals surface area contributed by atoms with E-state index in [1.54, 1.807) is 18.0 Å². The summed E-state index contributed by atoms with van der Waals surface area (Å²) in [5, 5.41) is 10.1. The number of aliphatic hydroxyl groups is 1. The summed E-state index contributed by atoms with van der Waals surface area (Å²) in [6.45, 7) is 0.0484. The molecule has 0 aliphatic rings. The second kappa shape index (κ2) is 6.81. The van der Waals surface area contributed by atoms with Crippen LogP contribution in [0.15, 0.2) is 54.7 Å². The Balaban J connectivity index is 1.62. The van der Waals surface area contributed by atoms with Gasteiger partial charge in [0, 0.05) is 28.4 Å². The highest BCUT2D eigenvalue weighted by Gasteiger charge is 2.11. The fraction of sp³-hybridized carbons (Fsp3) is 0.167. The van der Waals surface area contributed by atoms with Gasteiger partial charge >= 0.3 is 0 Å². The molecule has 0 saturated heterocycles. The highest BCUT2D eigenvalue weighted by Crippen LogP contribution is 2.21. The number of para-hydroxylation sites is 1. The first-order chi connectivity index (χ1) is 10.8. The SMILES string of the molecule is O=C(CSCc1cccc(CO)c1)c1c[nH]c2ccccc12. The Bertz CT molecular complexity index is 794. The number of aliphatic hydroxyl groups excluding tert-OH is 1. The Morgan fingerprint density at radius 2 is 1.91 bits per heavy atom. The predicted molar refractivity (Wildman–Crippen MR) is 91.2 cm³/mol. The molecule has 2 aromatic carbocycles. The van der Waals surface area contributed by atoms with Crippen molar-refractivity contribution in [2.24, 2.45) is 0 Å². The number of benzene rings is 2. The van der Waals surface area contributed by atoms with Gasteiger partial charge in [-0.25, -0.2) is 0 Å². The zero-order valence-electron chi connectivity index (χ0n) is 12.1. The number of fused-ring (bicyclic) bond motifs is 1. The third-order valence-corrected chi connectivity index (χ3v) is 4.57. The molecule has 0 bridgehead atoms. The fourth-order valence-electron chi connectivity index (χ4n) is 2.46. The predicted octanol–water partition coefficient (Wildman–Crippen LogP) is 3.78. The van der Waals surface area contributed by atoms with Crippen molar-refractivity contribution in [3.8, 4) is 0 Å². The topological polar surface area (TPSA) is 53.1 Å². The minimum atomic E-state index is 0.0484. The number of aromatic amines is 1. The van der Waals surface area contributed by atoms with Gasteiger partial charge in [0.15, 0.2) is 5.78 Å². The highest BCUT2D eigenvalue weighted by atomic mass is 32.2. The van der Waals surface area contributed by atoms with Crippen LogP contribution < -0.4 is 0 Å². The number of ketones is 1. The largest absolute Gasteiger partial charge is 0.392 e. The molecule has 0 aliphatic carbocycles. The molecule has 1 aromatic heterocycles. The normalized spacial score (nSPS) is 11.0. The van der Waals surface area contributed by atoms with Gasteiger partial charge in [-0.2, -0.15) is 0 Å². The molecule has 1 heterocycles. The number of hydrogen-bond acceptors (Lipinski definition) is 3. The molecule has 0 unspecified atom stereocenters. The second-order valence-corrected chi connectivity index (χ2v) is 6.13. The molecule has 3 rings (SSSR count). The van der Waals surface area contributed by atoms with Crippen LogP contribution in [-0.4, -0.2) is 21.6 Å². The minimum Gasteiger partial charge on any atom is -0.392 e. The average molecular weight is 311 g/mol. The first-order valence-corrected chi connectivity index (χ1v) is 8.29. The molecule has 0 amide bonds. The summed E-state index contributed by atoms with van der Waals surface area (Å²) >= 11 is 1.60. The third-order valence-electron chi connectivity index (χ3n) is 3.57. The molecule has 22 heavy (non-hydrogen) atoms. The van der Waals surface area contributed by atoms with Gasteiger partial charge in [-0.1, -0.05) is 42.5 Å². The third kappa shape index (κ3) is 3.24. The number of rotatable bonds is 6. The average Bonchev–Trinajstić information content (AvgIpc) is 2.99. The van der Waals surface area contributed by atoms with E-state index in [2.05, 4.69) is 4.98 Å². The van der Waals surface area contributed by atoms with E-state index in [0.717, 1.165) is 33.3 Å². The van der Waals surface area contributed by atoms with Gasteiger partial charge in [0.25, 0.3) is 0 Å². The molecule has 3 nitrogen and oxygen atoms in total. The van der Waals surface area contributed by atoms with Crippen molar-refractivity contribution in [2.45, 2.75) is 12.4 Å². The standard InChI is InChI=1S/C18H17NO2S/c20-10-13-4-3-5-14(8-13)11-22-12-18(21)16-9-19-17-7-2-1-6-15(16)17/h1-9,19-20H,10-12H2. The van der Waals surface area contributed by atoms with Crippen molar-refractivity contribution in [1.82, 2.24) is 4.98 Å². The Labute approximate surface area is 133 Å². The molecule has 0 atom stereocenters. The van der Waals surface area contributed by atoms with Crippen molar-refractivity contribution in [3.63, 3.8) is 0 Å². The van der Waals surface area contributed by atoms with Crippen LogP contribution in [0.5, 0.6) is 0 Å². The number of carbonyl (C=O) groups is 1. The highest BCUT2D eigenvalue weighted by molar-refractivity contribution is 7.99. The van der Waals surface area contributed by atoms with Crippen LogP contribution >= 0.6 is 11.8 Å². The Morgan fingerprint density at radius 3 is 2.77 bits per heavy atom. The van der Waals surface area contributed by atoms with Crippen LogP contribution in [-0.2, 0) is 12.4 Å². The van der Waals surface area contributed by atoms with Crippen LogP contribution in [0.25, 0.3) is 10.9 Å². The van der Waals surface area contributed by atoms with Crippen LogP contribution in [0, 0.1) is 0 Å². The van der Waals surface area contributed by atoms with E-state index in [-0.39, 0.29) is 12.4 Å². The van der Waals surface area contributed by atoms with E-state index in [1.807, 2.05) is 48.5 Å². The minimum absolute atomic E-state index is 0.0484. The van der Waals surface area contributed by atoms with Gasteiger partial charge in [0.2, 0.25) is 0 Å². The van der Waals surface area contributed by atoms with Crippen molar-refractivity contribution in [1.29, 1.82) is 0 Å². The molecule has 0 fully saturated rings. The molecule has 0 spiro atoms. The number of carbonyl (C=O) groups excluding carboxylic acids is 1. The van der Waals surface area contributed by atoms with Gasteiger partial charge in [0.05, 0.1) is 12.4 Å². The molecule has 2 N–H and O–H groups in total. The van der Waals surface area contributed by atoms with Crippen molar-refractivity contribution >= 4 is 28.4 Å². The molecular weight excluding hydrogens is 294 g/mol. The first-order valence-electron chi connectivity index (χ1n) is 7.13. The number of aromatic nitrogens is 1. The summed E-state index contributed by atoms with van der Waals surface area (Å²) in [4.78, 5) is 15.5. The maximum atomic E-state index is 12.4. The molecule has 0 radical (unpaired) electrons. The number of hydrogen-bond donors (Lipinski definition) is 2. The van der Waals surface area contributed by atoms with E-state index in [9.17, 15) is 4.79 Å². The lowest BCUT2D eigenvalue weighted by molar-refractivity contribution is 0.102. The van der Waals surface area contributed by atoms with E-state index >= 15 is 0 Å². The molecule has 112 valence electrons. The van der Waals surface area contributed by atoms with E-state index in [0.29, 0.717) is 5.75 Å². The van der Waals surface area contributed by atoms with Gasteiger partial charge in [-0.05, 0) is 17.2 Å². The molecule has 0 saturated carbocycles. The van der Waals surface area contributed by atoms with Gasteiger partial charge in [-0.15, -0.1) is 11.8 Å². The van der Waals surface area contributed by atoms with E-state index in [1.165, 1.54) is 0 Å². The smallest absolute Gasteiger partial charge is 0.174 e. The van der Waals surface area contributed by atoms with E-state index < -0.39 is 0 Å².